The van der Waals surface area contributed by atoms with Gasteiger partial charge in [0, 0.05) is 11.2 Å². The summed E-state index contributed by atoms with van der Waals surface area (Å²) in [5.74, 6) is -0.725. The third-order valence-corrected chi connectivity index (χ3v) is 3.70. The molecule has 2 aromatic rings. The number of carbonyl (C=O) groups is 1. The van der Waals surface area contributed by atoms with E-state index < -0.39 is 5.91 Å². The fourth-order valence-corrected chi connectivity index (χ4v) is 2.61. The van der Waals surface area contributed by atoms with Crippen LogP contribution in [0.25, 0.3) is 0 Å². The van der Waals surface area contributed by atoms with Crippen molar-refractivity contribution < 1.29 is 4.79 Å². The van der Waals surface area contributed by atoms with Crippen LogP contribution in [0.3, 0.4) is 0 Å². The number of nitrogens with zero attached hydrogens (tertiary/aromatic N) is 2. The van der Waals surface area contributed by atoms with Crippen molar-refractivity contribution in [3.05, 3.63) is 62.7 Å². The van der Waals surface area contributed by atoms with Crippen LogP contribution in [-0.2, 0) is 0 Å². The van der Waals surface area contributed by atoms with Crippen LogP contribution >= 0.6 is 35.6 Å². The highest BCUT2D eigenvalue weighted by atomic mass is 35.5. The lowest BCUT2D eigenvalue weighted by atomic mass is 10.0. The van der Waals surface area contributed by atoms with Crippen molar-refractivity contribution in [3.8, 4) is 6.07 Å². The molecule has 0 aliphatic carbocycles. The lowest BCUT2D eigenvalue weighted by molar-refractivity contribution is 0.0997. The first-order valence-electron chi connectivity index (χ1n) is 6.30. The Kier molecular flexibility index (Phi) is 6.22. The van der Waals surface area contributed by atoms with Crippen LogP contribution in [0.5, 0.6) is 0 Å². The zero-order valence-electron chi connectivity index (χ0n) is 12.0. The highest BCUT2D eigenvalue weighted by Crippen LogP contribution is 2.23. The fraction of sp³-hybridized carbons (Fsp3) is 0.133. The quantitative estimate of drug-likeness (QED) is 0.866. The molecule has 1 heterocycles. The molecule has 5 nitrogen and oxygen atoms in total. The lowest BCUT2D eigenvalue weighted by Crippen LogP contribution is -2.31. The Morgan fingerprint density at radius 1 is 1.30 bits per heavy atom. The smallest absolute Gasteiger partial charge is 0.252 e. The number of hydrogen-bond acceptors (Lipinski definition) is 3. The summed E-state index contributed by atoms with van der Waals surface area (Å²) in [6.45, 7) is 1.81. The molecule has 1 aromatic carbocycles. The molecule has 0 saturated carbocycles. The van der Waals surface area contributed by atoms with Crippen LogP contribution < -0.4 is 11.2 Å². The molecule has 1 atom stereocenters. The minimum atomic E-state index is -0.725. The van der Waals surface area contributed by atoms with Gasteiger partial charge in [-0.3, -0.25) is 10.2 Å². The molecule has 0 radical (unpaired) electrons. The second-order valence-corrected chi connectivity index (χ2v) is 5.63. The van der Waals surface area contributed by atoms with Gasteiger partial charge in [-0.2, -0.15) is 5.26 Å². The van der Waals surface area contributed by atoms with Crippen molar-refractivity contribution in [2.24, 2.45) is 5.73 Å². The standard InChI is InChI=1S/C15H12Cl2N4O.ClH/c1-8(10-2-9(6-18)3-11(16)4-10)21-7-12(17)5-13(14(21)19)15(20)22;/h2-5,7-8,19H,1H3,(H2,20,22);1H. The number of nitrogens with one attached hydrogen (secondary N) is 1. The Morgan fingerprint density at radius 2 is 1.96 bits per heavy atom. The Labute approximate surface area is 149 Å². The Hall–Kier alpha value is -2.00. The summed E-state index contributed by atoms with van der Waals surface area (Å²) in [5.41, 5.74) is 6.38. The molecule has 1 unspecified atom stereocenters. The SMILES string of the molecule is CC(c1cc(Cl)cc(C#N)c1)n1cc(Cl)cc(C(N)=O)c1=N.Cl. The first-order valence-corrected chi connectivity index (χ1v) is 7.05. The number of rotatable bonds is 3. The van der Waals surface area contributed by atoms with Gasteiger partial charge in [-0.15, -0.1) is 12.4 Å². The number of hydrogen-bond donors (Lipinski definition) is 2. The van der Waals surface area contributed by atoms with E-state index in [1.54, 1.807) is 18.2 Å². The second-order valence-electron chi connectivity index (χ2n) is 4.75. The van der Waals surface area contributed by atoms with Gasteiger partial charge in [-0.05, 0) is 36.8 Å². The van der Waals surface area contributed by atoms with E-state index in [0.29, 0.717) is 15.6 Å². The molecule has 1 aromatic heterocycles. The summed E-state index contributed by atoms with van der Waals surface area (Å²) in [4.78, 5) is 11.4. The van der Waals surface area contributed by atoms with E-state index in [9.17, 15) is 4.79 Å². The fourth-order valence-electron chi connectivity index (χ4n) is 2.15. The van der Waals surface area contributed by atoms with Crippen molar-refractivity contribution in [1.29, 1.82) is 10.7 Å². The van der Waals surface area contributed by atoms with Crippen LogP contribution in [0.4, 0.5) is 0 Å². The number of benzene rings is 1. The highest BCUT2D eigenvalue weighted by molar-refractivity contribution is 6.31. The van der Waals surface area contributed by atoms with E-state index in [0.717, 1.165) is 5.56 Å². The molecule has 0 spiro atoms. The number of amides is 1. The average Bonchev–Trinajstić information content (AvgIpc) is 2.47. The van der Waals surface area contributed by atoms with Gasteiger partial charge >= 0.3 is 0 Å². The predicted octanol–water partition coefficient (Wildman–Crippen LogP) is 3.28. The van der Waals surface area contributed by atoms with Gasteiger partial charge in [0.15, 0.2) is 0 Å². The summed E-state index contributed by atoms with van der Waals surface area (Å²) in [7, 11) is 0. The number of nitriles is 1. The molecule has 0 aliphatic rings. The van der Waals surface area contributed by atoms with Gasteiger partial charge in [-0.1, -0.05) is 23.2 Å². The summed E-state index contributed by atoms with van der Waals surface area (Å²) in [6, 6.07) is 7.96. The number of nitrogens with two attached hydrogens (primary N) is 1. The van der Waals surface area contributed by atoms with Gasteiger partial charge in [0.05, 0.1) is 28.3 Å². The van der Waals surface area contributed by atoms with Gasteiger partial charge in [-0.25, -0.2) is 0 Å². The topological polar surface area (TPSA) is 95.7 Å². The molecule has 2 rings (SSSR count). The number of primary amides is 1. The largest absolute Gasteiger partial charge is 0.365 e. The van der Waals surface area contributed by atoms with E-state index >= 15 is 0 Å². The van der Waals surface area contributed by atoms with E-state index in [2.05, 4.69) is 0 Å². The monoisotopic (exact) mass is 370 g/mol. The highest BCUT2D eigenvalue weighted by Gasteiger charge is 2.15. The average molecular weight is 372 g/mol. The van der Waals surface area contributed by atoms with Crippen LogP contribution in [0, 0.1) is 16.7 Å². The lowest BCUT2D eigenvalue weighted by Gasteiger charge is -2.18. The zero-order valence-corrected chi connectivity index (χ0v) is 14.3. The van der Waals surface area contributed by atoms with Crippen molar-refractivity contribution in [1.82, 2.24) is 4.57 Å². The van der Waals surface area contributed by atoms with E-state index in [4.69, 9.17) is 39.6 Å². The molecule has 8 heteroatoms. The van der Waals surface area contributed by atoms with E-state index in [1.165, 1.54) is 16.8 Å². The normalized spacial score (nSPS) is 11.2. The first kappa shape index (κ1) is 19.0. The van der Waals surface area contributed by atoms with E-state index in [-0.39, 0.29) is 29.5 Å². The van der Waals surface area contributed by atoms with Crippen molar-refractivity contribution in [2.75, 3.05) is 0 Å². The van der Waals surface area contributed by atoms with E-state index in [1.807, 2.05) is 13.0 Å². The van der Waals surface area contributed by atoms with Crippen molar-refractivity contribution in [2.45, 2.75) is 13.0 Å². The van der Waals surface area contributed by atoms with Crippen LogP contribution in [-0.4, -0.2) is 10.5 Å². The molecule has 23 heavy (non-hydrogen) atoms. The third kappa shape index (κ3) is 4.05. The zero-order chi connectivity index (χ0) is 16.4. The minimum absolute atomic E-state index is 0. The molecule has 120 valence electrons. The maximum Gasteiger partial charge on any atom is 0.252 e. The second kappa shape index (κ2) is 7.51. The van der Waals surface area contributed by atoms with Crippen LogP contribution in [0.1, 0.15) is 34.5 Å². The summed E-state index contributed by atoms with van der Waals surface area (Å²) in [6.07, 6.45) is 1.54. The summed E-state index contributed by atoms with van der Waals surface area (Å²) in [5, 5.41) is 17.8. The van der Waals surface area contributed by atoms with Crippen LogP contribution in [0.15, 0.2) is 30.5 Å². The third-order valence-electron chi connectivity index (χ3n) is 3.27. The predicted molar refractivity (Wildman–Crippen MR) is 91.0 cm³/mol. The Morgan fingerprint density at radius 3 is 2.52 bits per heavy atom. The van der Waals surface area contributed by atoms with Gasteiger partial charge < -0.3 is 10.3 Å². The molecule has 1 amide bonds. The summed E-state index contributed by atoms with van der Waals surface area (Å²) < 4.78 is 1.51. The number of carbonyl (C=O) groups excluding carboxylic acids is 1. The van der Waals surface area contributed by atoms with Gasteiger partial charge in [0.2, 0.25) is 0 Å². The maximum atomic E-state index is 11.4. The van der Waals surface area contributed by atoms with Crippen molar-refractivity contribution >= 4 is 41.5 Å². The maximum absolute atomic E-state index is 11.4. The van der Waals surface area contributed by atoms with Crippen LogP contribution in [0.2, 0.25) is 10.0 Å². The van der Waals surface area contributed by atoms with Gasteiger partial charge in [0.25, 0.3) is 5.91 Å². The molecular weight excluding hydrogens is 359 g/mol. The Balaban J connectivity index is 0.00000264. The summed E-state index contributed by atoms with van der Waals surface area (Å²) >= 11 is 12.0. The first-order chi connectivity index (χ1) is 10.3. The molecule has 3 N–H and O–H groups in total. The molecule has 0 bridgehead atoms. The minimum Gasteiger partial charge on any atom is -0.365 e. The molecule has 0 aliphatic heterocycles. The number of aromatic nitrogens is 1. The molecule has 0 saturated heterocycles. The molecular formula is C15H13Cl3N4O. The molecule has 0 fully saturated rings. The van der Waals surface area contributed by atoms with Gasteiger partial charge in [0.1, 0.15) is 5.49 Å². The number of halogens is 3. The van der Waals surface area contributed by atoms with Crippen molar-refractivity contribution in [3.63, 3.8) is 0 Å². The Bertz CT molecular complexity index is 855. The number of pyridine rings is 1.